The first-order chi connectivity index (χ1) is 5.24. The molecule has 0 saturated carbocycles. The highest BCUT2D eigenvalue weighted by atomic mass is 14.8. The lowest BCUT2D eigenvalue weighted by molar-refractivity contribution is -0.00460. The van der Waals surface area contributed by atoms with Gasteiger partial charge in [-0.05, 0) is 19.1 Å². The zero-order valence-corrected chi connectivity index (χ0v) is 6.70. The van der Waals surface area contributed by atoms with Crippen LogP contribution in [0.1, 0.15) is 18.1 Å². The Bertz CT molecular complexity index is 292. The van der Waals surface area contributed by atoms with Crippen LogP contribution in [0.5, 0.6) is 0 Å². The SMILES string of the molecule is CC(=[N+]=[N-])c1ccc(C)cc1. The van der Waals surface area contributed by atoms with Gasteiger partial charge in [-0.1, -0.05) is 17.7 Å². The number of benzene rings is 1. The molecule has 0 bridgehead atoms. The van der Waals surface area contributed by atoms with E-state index in [1.54, 1.807) is 6.92 Å². The maximum atomic E-state index is 8.45. The van der Waals surface area contributed by atoms with Crippen molar-refractivity contribution >= 4 is 5.71 Å². The molecular weight excluding hydrogens is 136 g/mol. The van der Waals surface area contributed by atoms with E-state index in [1.165, 1.54) is 5.56 Å². The van der Waals surface area contributed by atoms with Gasteiger partial charge in [0.05, 0.1) is 5.56 Å². The van der Waals surface area contributed by atoms with Crippen molar-refractivity contribution in [3.63, 3.8) is 0 Å². The first kappa shape index (κ1) is 7.70. The molecule has 0 atom stereocenters. The summed E-state index contributed by atoms with van der Waals surface area (Å²) in [6, 6.07) is 7.85. The third-order valence-electron chi connectivity index (χ3n) is 1.62. The van der Waals surface area contributed by atoms with Gasteiger partial charge in [0.25, 0.3) is 5.71 Å². The van der Waals surface area contributed by atoms with Crippen molar-refractivity contribution in [1.82, 2.24) is 0 Å². The van der Waals surface area contributed by atoms with Crippen LogP contribution < -0.4 is 0 Å². The van der Waals surface area contributed by atoms with Crippen molar-refractivity contribution in [2.45, 2.75) is 13.8 Å². The molecule has 0 aliphatic rings. The molecule has 2 nitrogen and oxygen atoms in total. The molecule has 0 aliphatic carbocycles. The maximum absolute atomic E-state index is 8.45. The molecule has 0 amide bonds. The van der Waals surface area contributed by atoms with Crippen LogP contribution in [-0.2, 0) is 0 Å². The summed E-state index contributed by atoms with van der Waals surface area (Å²) in [5, 5.41) is 0. The summed E-state index contributed by atoms with van der Waals surface area (Å²) >= 11 is 0. The largest absolute Gasteiger partial charge is 0.361 e. The molecule has 0 unspecified atom stereocenters. The lowest BCUT2D eigenvalue weighted by Crippen LogP contribution is -1.94. The first-order valence-corrected chi connectivity index (χ1v) is 3.49. The van der Waals surface area contributed by atoms with Crippen LogP contribution in [0.15, 0.2) is 24.3 Å². The summed E-state index contributed by atoms with van der Waals surface area (Å²) in [6.07, 6.45) is 0. The van der Waals surface area contributed by atoms with Gasteiger partial charge in [-0.2, -0.15) is 4.79 Å². The molecule has 1 rings (SSSR count). The third-order valence-corrected chi connectivity index (χ3v) is 1.62. The second-order valence-corrected chi connectivity index (χ2v) is 2.55. The van der Waals surface area contributed by atoms with Gasteiger partial charge in [-0.3, -0.25) is 0 Å². The number of rotatable bonds is 1. The van der Waals surface area contributed by atoms with E-state index >= 15 is 0 Å². The predicted octanol–water partition coefficient (Wildman–Crippen LogP) is 2.03. The Morgan fingerprint density at radius 2 is 1.82 bits per heavy atom. The van der Waals surface area contributed by atoms with Gasteiger partial charge in [0, 0.05) is 6.92 Å². The lowest BCUT2D eigenvalue weighted by Gasteiger charge is -1.91. The second kappa shape index (κ2) is 3.13. The Hall–Kier alpha value is -1.40. The molecule has 11 heavy (non-hydrogen) atoms. The van der Waals surface area contributed by atoms with E-state index in [0.717, 1.165) is 5.56 Å². The fourth-order valence-electron chi connectivity index (χ4n) is 0.852. The van der Waals surface area contributed by atoms with Crippen molar-refractivity contribution < 1.29 is 4.79 Å². The second-order valence-electron chi connectivity index (χ2n) is 2.55. The molecule has 1 aromatic rings. The zero-order chi connectivity index (χ0) is 8.27. The van der Waals surface area contributed by atoms with Crippen molar-refractivity contribution in [2.75, 3.05) is 0 Å². The summed E-state index contributed by atoms with van der Waals surface area (Å²) in [6.45, 7) is 3.79. The molecule has 0 heterocycles. The van der Waals surface area contributed by atoms with Crippen molar-refractivity contribution in [3.8, 4) is 0 Å². The number of nitrogens with zero attached hydrogens (tertiary/aromatic N) is 2. The van der Waals surface area contributed by atoms with Crippen molar-refractivity contribution in [1.29, 1.82) is 0 Å². The van der Waals surface area contributed by atoms with Crippen LogP contribution in [0.2, 0.25) is 0 Å². The Balaban J connectivity index is 3.08. The smallest absolute Gasteiger partial charge is 0.296 e. The predicted molar refractivity (Wildman–Crippen MR) is 44.6 cm³/mol. The molecule has 0 radical (unpaired) electrons. The molecule has 0 N–H and O–H groups in total. The van der Waals surface area contributed by atoms with Crippen LogP contribution in [0.25, 0.3) is 5.53 Å². The molecular formula is C9H10N2. The monoisotopic (exact) mass is 146 g/mol. The standard InChI is InChI=1S/C9H10N2/c1-7-3-5-9(6-4-7)8(2)11-10/h3-6H,1-2H3. The average molecular weight is 146 g/mol. The molecule has 0 aromatic heterocycles. The normalized spacial score (nSPS) is 8.91. The van der Waals surface area contributed by atoms with E-state index in [-0.39, 0.29) is 0 Å². The topological polar surface area (TPSA) is 36.4 Å². The van der Waals surface area contributed by atoms with E-state index < -0.39 is 0 Å². The summed E-state index contributed by atoms with van der Waals surface area (Å²) < 4.78 is 0. The Kier molecular flexibility index (Phi) is 2.19. The lowest BCUT2D eigenvalue weighted by atomic mass is 10.1. The van der Waals surface area contributed by atoms with Gasteiger partial charge in [-0.25, -0.2) is 0 Å². The van der Waals surface area contributed by atoms with E-state index in [2.05, 4.69) is 4.79 Å². The summed E-state index contributed by atoms with van der Waals surface area (Å²) in [7, 11) is 0. The minimum Gasteiger partial charge on any atom is -0.361 e. The van der Waals surface area contributed by atoms with Gasteiger partial charge in [-0.15, -0.1) is 0 Å². The number of aryl methyl sites for hydroxylation is 1. The Labute approximate surface area is 66.1 Å². The number of hydrogen-bond donors (Lipinski definition) is 0. The van der Waals surface area contributed by atoms with Crippen LogP contribution >= 0.6 is 0 Å². The molecule has 0 aliphatic heterocycles. The highest BCUT2D eigenvalue weighted by Crippen LogP contribution is 2.02. The van der Waals surface area contributed by atoms with E-state index in [0.29, 0.717) is 5.71 Å². The van der Waals surface area contributed by atoms with Crippen LogP contribution in [0.4, 0.5) is 0 Å². The van der Waals surface area contributed by atoms with Gasteiger partial charge in [0.1, 0.15) is 0 Å². The minimum atomic E-state index is 0.644. The van der Waals surface area contributed by atoms with Crippen molar-refractivity contribution in [2.24, 2.45) is 0 Å². The van der Waals surface area contributed by atoms with E-state index in [9.17, 15) is 0 Å². The van der Waals surface area contributed by atoms with E-state index in [4.69, 9.17) is 5.53 Å². The Morgan fingerprint density at radius 1 is 1.27 bits per heavy atom. The van der Waals surface area contributed by atoms with Gasteiger partial charge in [0.2, 0.25) is 0 Å². The van der Waals surface area contributed by atoms with Gasteiger partial charge >= 0.3 is 0 Å². The third kappa shape index (κ3) is 1.76. The minimum absolute atomic E-state index is 0.644. The fourth-order valence-corrected chi connectivity index (χ4v) is 0.852. The molecule has 0 spiro atoms. The van der Waals surface area contributed by atoms with Crippen LogP contribution in [-0.4, -0.2) is 10.5 Å². The van der Waals surface area contributed by atoms with Gasteiger partial charge in [0.15, 0.2) is 0 Å². The zero-order valence-electron chi connectivity index (χ0n) is 6.70. The molecule has 2 heteroatoms. The maximum Gasteiger partial charge on any atom is 0.296 e. The average Bonchev–Trinajstić information content (AvgIpc) is 2.05. The quantitative estimate of drug-likeness (QED) is 0.330. The summed E-state index contributed by atoms with van der Waals surface area (Å²) in [5.41, 5.74) is 11.3. The van der Waals surface area contributed by atoms with Crippen LogP contribution in [0.3, 0.4) is 0 Å². The Morgan fingerprint density at radius 3 is 2.27 bits per heavy atom. The molecule has 0 fully saturated rings. The van der Waals surface area contributed by atoms with Crippen molar-refractivity contribution in [3.05, 3.63) is 40.9 Å². The fraction of sp³-hybridized carbons (Fsp3) is 0.222. The highest BCUT2D eigenvalue weighted by molar-refractivity contribution is 5.94. The molecule has 0 saturated heterocycles. The summed E-state index contributed by atoms with van der Waals surface area (Å²) in [4.78, 5) is 3.11. The number of hydrogen-bond acceptors (Lipinski definition) is 0. The first-order valence-electron chi connectivity index (χ1n) is 3.49. The summed E-state index contributed by atoms with van der Waals surface area (Å²) in [5.74, 6) is 0. The molecule has 56 valence electrons. The van der Waals surface area contributed by atoms with Crippen LogP contribution in [0, 0.1) is 6.92 Å². The van der Waals surface area contributed by atoms with E-state index in [1.807, 2.05) is 31.2 Å². The highest BCUT2D eigenvalue weighted by Gasteiger charge is 2.01. The molecule has 1 aromatic carbocycles. The van der Waals surface area contributed by atoms with Gasteiger partial charge < -0.3 is 5.53 Å².